The van der Waals surface area contributed by atoms with Crippen LogP contribution in [0.2, 0.25) is 0 Å². The van der Waals surface area contributed by atoms with Crippen molar-refractivity contribution in [1.82, 2.24) is 14.9 Å². The maximum absolute atomic E-state index is 11.6. The zero-order valence-electron chi connectivity index (χ0n) is 10.1. The van der Waals surface area contributed by atoms with Crippen molar-refractivity contribution in [3.8, 4) is 0 Å². The lowest BCUT2D eigenvalue weighted by atomic mass is 10.2. The highest BCUT2D eigenvalue weighted by Crippen LogP contribution is 2.01. The van der Waals surface area contributed by atoms with E-state index in [1.165, 1.54) is 12.3 Å². The second kappa shape index (κ2) is 6.73. The number of H-pyrrole nitrogens is 1. The van der Waals surface area contributed by atoms with Crippen molar-refractivity contribution in [2.45, 2.75) is 25.3 Å². The van der Waals surface area contributed by atoms with E-state index < -0.39 is 10.0 Å². The van der Waals surface area contributed by atoms with Crippen molar-refractivity contribution < 1.29 is 13.2 Å². The highest BCUT2D eigenvalue weighted by molar-refractivity contribution is 7.89. The Morgan fingerprint density at radius 3 is 2.88 bits per heavy atom. The van der Waals surface area contributed by atoms with E-state index in [2.05, 4.69) is 28.8 Å². The van der Waals surface area contributed by atoms with Crippen LogP contribution in [0.1, 0.15) is 20.3 Å². The molecule has 0 atom stereocenters. The van der Waals surface area contributed by atoms with Crippen LogP contribution in [0.15, 0.2) is 17.3 Å². The molecule has 0 amide bonds. The van der Waals surface area contributed by atoms with Gasteiger partial charge in [-0.05, 0) is 18.4 Å². The van der Waals surface area contributed by atoms with Crippen LogP contribution in [-0.4, -0.2) is 38.4 Å². The van der Waals surface area contributed by atoms with Gasteiger partial charge in [0.2, 0.25) is 0 Å². The molecule has 0 aliphatic heterocycles. The van der Waals surface area contributed by atoms with Gasteiger partial charge in [-0.25, -0.2) is 13.1 Å². The maximum atomic E-state index is 11.6. The Hall–Kier alpha value is -0.920. The highest BCUT2D eigenvalue weighted by atomic mass is 32.2. The zero-order valence-corrected chi connectivity index (χ0v) is 11.0. The van der Waals surface area contributed by atoms with Crippen LogP contribution in [0.4, 0.5) is 0 Å². The molecule has 0 radical (unpaired) electrons. The molecular weight excluding hydrogens is 242 g/mol. The molecule has 1 aromatic rings. The van der Waals surface area contributed by atoms with Gasteiger partial charge in [-0.3, -0.25) is 5.10 Å². The number of rotatable bonds is 8. The van der Waals surface area contributed by atoms with Crippen LogP contribution in [0.3, 0.4) is 0 Å². The van der Waals surface area contributed by atoms with Gasteiger partial charge in [0.05, 0.1) is 6.20 Å². The first-order valence-electron chi connectivity index (χ1n) is 5.59. The zero-order chi connectivity index (χ0) is 12.7. The lowest BCUT2D eigenvalue weighted by molar-refractivity contribution is 0.108. The van der Waals surface area contributed by atoms with E-state index in [-0.39, 0.29) is 5.03 Å². The molecule has 2 N–H and O–H groups in total. The van der Waals surface area contributed by atoms with Crippen molar-refractivity contribution in [2.24, 2.45) is 5.92 Å². The molecule has 0 aliphatic rings. The van der Waals surface area contributed by atoms with Crippen LogP contribution in [0, 0.1) is 5.92 Å². The number of aromatic amines is 1. The molecule has 6 nitrogen and oxygen atoms in total. The second-order valence-corrected chi connectivity index (χ2v) is 5.88. The predicted octanol–water partition coefficient (Wildman–Crippen LogP) is 0.751. The van der Waals surface area contributed by atoms with Crippen LogP contribution in [-0.2, 0) is 14.8 Å². The normalized spacial score (nSPS) is 12.2. The Bertz CT molecular complexity index is 400. The Morgan fingerprint density at radius 2 is 2.29 bits per heavy atom. The summed E-state index contributed by atoms with van der Waals surface area (Å²) in [5, 5.41) is 6.09. The van der Waals surface area contributed by atoms with Gasteiger partial charge >= 0.3 is 0 Å². The van der Waals surface area contributed by atoms with E-state index in [4.69, 9.17) is 4.74 Å². The van der Waals surface area contributed by atoms with Gasteiger partial charge in [-0.1, -0.05) is 13.8 Å². The number of aromatic nitrogens is 2. The van der Waals surface area contributed by atoms with Crippen LogP contribution >= 0.6 is 0 Å². The fourth-order valence-corrected chi connectivity index (χ4v) is 2.15. The summed E-state index contributed by atoms with van der Waals surface area (Å²) >= 11 is 0. The van der Waals surface area contributed by atoms with E-state index in [1.807, 2.05) is 0 Å². The van der Waals surface area contributed by atoms with Gasteiger partial charge < -0.3 is 4.74 Å². The molecule has 0 saturated carbocycles. The molecule has 17 heavy (non-hydrogen) atoms. The summed E-state index contributed by atoms with van der Waals surface area (Å²) in [5.74, 6) is 0.497. The monoisotopic (exact) mass is 261 g/mol. The van der Waals surface area contributed by atoms with Gasteiger partial charge in [0.1, 0.15) is 0 Å². The largest absolute Gasteiger partial charge is 0.381 e. The Labute approximate surface area is 102 Å². The third kappa shape index (κ3) is 5.29. The van der Waals surface area contributed by atoms with Crippen molar-refractivity contribution in [2.75, 3.05) is 19.8 Å². The van der Waals surface area contributed by atoms with E-state index in [9.17, 15) is 8.42 Å². The SMILES string of the molecule is CC(C)COCCCNS(=O)(=O)c1ccn[nH]1. The third-order valence-corrected chi connectivity index (χ3v) is 3.36. The lowest BCUT2D eigenvalue weighted by Crippen LogP contribution is -2.26. The molecule has 1 heterocycles. The molecule has 1 aromatic heterocycles. The highest BCUT2D eigenvalue weighted by Gasteiger charge is 2.13. The fourth-order valence-electron chi connectivity index (χ4n) is 1.17. The topological polar surface area (TPSA) is 84.1 Å². The number of sulfonamides is 1. The van der Waals surface area contributed by atoms with E-state index in [0.717, 1.165) is 0 Å². The summed E-state index contributed by atoms with van der Waals surface area (Å²) in [7, 11) is -3.44. The minimum Gasteiger partial charge on any atom is -0.381 e. The Balaban J connectivity index is 2.19. The molecule has 0 aromatic carbocycles. The van der Waals surface area contributed by atoms with Crippen molar-refractivity contribution in [3.05, 3.63) is 12.3 Å². The third-order valence-electron chi connectivity index (χ3n) is 1.97. The Kier molecular flexibility index (Phi) is 5.60. The van der Waals surface area contributed by atoms with Crippen molar-refractivity contribution >= 4 is 10.0 Å². The number of hydrogen-bond donors (Lipinski definition) is 2. The van der Waals surface area contributed by atoms with E-state index >= 15 is 0 Å². The van der Waals surface area contributed by atoms with Gasteiger partial charge in [0, 0.05) is 19.8 Å². The molecule has 0 unspecified atom stereocenters. The molecule has 0 bridgehead atoms. The summed E-state index contributed by atoms with van der Waals surface area (Å²) in [6.07, 6.45) is 2.06. The molecule has 98 valence electrons. The molecule has 7 heteroatoms. The Morgan fingerprint density at radius 1 is 1.53 bits per heavy atom. The summed E-state index contributed by atoms with van der Waals surface area (Å²) in [6, 6.07) is 1.41. The average Bonchev–Trinajstić information content (AvgIpc) is 2.76. The second-order valence-electron chi connectivity index (χ2n) is 4.14. The number of nitrogens with one attached hydrogen (secondary N) is 2. The summed E-state index contributed by atoms with van der Waals surface area (Å²) in [5.41, 5.74) is 0. The number of nitrogens with zero attached hydrogens (tertiary/aromatic N) is 1. The van der Waals surface area contributed by atoms with Crippen molar-refractivity contribution in [1.29, 1.82) is 0 Å². The minimum absolute atomic E-state index is 0.0839. The first kappa shape index (κ1) is 14.1. The van der Waals surface area contributed by atoms with Crippen LogP contribution < -0.4 is 4.72 Å². The molecule has 0 spiro atoms. The predicted molar refractivity (Wildman–Crippen MR) is 64.1 cm³/mol. The molecular formula is C10H19N3O3S. The van der Waals surface area contributed by atoms with Crippen LogP contribution in [0.25, 0.3) is 0 Å². The molecule has 0 fully saturated rings. The smallest absolute Gasteiger partial charge is 0.257 e. The van der Waals surface area contributed by atoms with Gasteiger partial charge in [0.15, 0.2) is 5.03 Å². The molecule has 1 rings (SSSR count). The fraction of sp³-hybridized carbons (Fsp3) is 0.700. The van der Waals surface area contributed by atoms with Gasteiger partial charge in [-0.15, -0.1) is 0 Å². The quantitative estimate of drug-likeness (QED) is 0.676. The summed E-state index contributed by atoms with van der Waals surface area (Å²) < 4.78 is 31.0. The summed E-state index contributed by atoms with van der Waals surface area (Å²) in [4.78, 5) is 0. The first-order valence-corrected chi connectivity index (χ1v) is 7.07. The number of ether oxygens (including phenoxy) is 1. The van der Waals surface area contributed by atoms with Gasteiger partial charge in [-0.2, -0.15) is 5.10 Å². The van der Waals surface area contributed by atoms with E-state index in [1.54, 1.807) is 0 Å². The van der Waals surface area contributed by atoms with Crippen LogP contribution in [0.5, 0.6) is 0 Å². The minimum atomic E-state index is -3.44. The maximum Gasteiger partial charge on any atom is 0.257 e. The van der Waals surface area contributed by atoms with Gasteiger partial charge in [0.25, 0.3) is 10.0 Å². The first-order chi connectivity index (χ1) is 8.02. The van der Waals surface area contributed by atoms with E-state index in [0.29, 0.717) is 32.1 Å². The standard InChI is InChI=1S/C10H19N3O3S/c1-9(2)8-16-7-3-5-12-17(14,15)10-4-6-11-13-10/h4,6,9,12H,3,5,7-8H2,1-2H3,(H,11,13). The summed E-state index contributed by atoms with van der Waals surface area (Å²) in [6.45, 7) is 5.76. The lowest BCUT2D eigenvalue weighted by Gasteiger charge is -2.07. The molecule has 0 saturated heterocycles. The average molecular weight is 261 g/mol. The number of hydrogen-bond acceptors (Lipinski definition) is 4. The molecule has 0 aliphatic carbocycles. The van der Waals surface area contributed by atoms with Crippen molar-refractivity contribution in [3.63, 3.8) is 0 Å².